The summed E-state index contributed by atoms with van der Waals surface area (Å²) in [4.78, 5) is 23.3. The van der Waals surface area contributed by atoms with E-state index in [-0.39, 0.29) is 5.92 Å². The molecule has 1 saturated heterocycles. The van der Waals surface area contributed by atoms with Crippen molar-refractivity contribution in [3.05, 3.63) is 24.3 Å². The van der Waals surface area contributed by atoms with Gasteiger partial charge in [-0.15, -0.1) is 0 Å². The second kappa shape index (κ2) is 7.65. The van der Waals surface area contributed by atoms with Crippen molar-refractivity contribution in [2.75, 3.05) is 25.6 Å². The zero-order valence-electron chi connectivity index (χ0n) is 12.4. The molecule has 1 aromatic carbocycles. The number of anilines is 1. The van der Waals surface area contributed by atoms with Crippen molar-refractivity contribution in [1.82, 2.24) is 5.32 Å². The molecule has 0 saturated carbocycles. The minimum Gasteiger partial charge on any atom is -0.497 e. The number of urea groups is 1. The number of benzene rings is 1. The summed E-state index contributed by atoms with van der Waals surface area (Å²) < 4.78 is 10.3. The fourth-order valence-corrected chi connectivity index (χ4v) is 2.41. The Bertz CT molecular complexity index is 511. The highest BCUT2D eigenvalue weighted by atomic mass is 16.5. The van der Waals surface area contributed by atoms with E-state index in [2.05, 4.69) is 10.6 Å². The molecule has 0 bridgehead atoms. The first-order valence-corrected chi connectivity index (χ1v) is 7.12. The minimum atomic E-state index is -1.03. The number of methoxy groups -OCH3 is 1. The molecule has 1 aliphatic heterocycles. The summed E-state index contributed by atoms with van der Waals surface area (Å²) in [5.41, 5.74) is 0.564. The first-order chi connectivity index (χ1) is 10.6. The van der Waals surface area contributed by atoms with Gasteiger partial charge < -0.3 is 25.2 Å². The second-order valence-corrected chi connectivity index (χ2v) is 5.09. The van der Waals surface area contributed by atoms with Gasteiger partial charge in [-0.2, -0.15) is 0 Å². The molecule has 1 heterocycles. The number of carboxylic acids is 1. The summed E-state index contributed by atoms with van der Waals surface area (Å²) in [6, 6.07) is 5.34. The van der Waals surface area contributed by atoms with E-state index in [1.807, 2.05) is 0 Å². The fraction of sp³-hybridized carbons (Fsp3) is 0.467. The third-order valence-electron chi connectivity index (χ3n) is 3.64. The maximum atomic E-state index is 12.0. The number of rotatable bonds is 5. The van der Waals surface area contributed by atoms with Crippen molar-refractivity contribution >= 4 is 17.7 Å². The summed E-state index contributed by atoms with van der Waals surface area (Å²) in [6.07, 6.45) is 1.25. The molecule has 1 fully saturated rings. The number of carbonyl (C=O) groups is 2. The Balaban J connectivity index is 1.93. The van der Waals surface area contributed by atoms with Crippen LogP contribution in [-0.4, -0.2) is 43.5 Å². The molecule has 0 aromatic heterocycles. The predicted molar refractivity (Wildman–Crippen MR) is 80.1 cm³/mol. The van der Waals surface area contributed by atoms with Crippen LogP contribution in [0.1, 0.15) is 12.8 Å². The normalized spacial score (nSPS) is 16.6. The topological polar surface area (TPSA) is 96.9 Å². The van der Waals surface area contributed by atoms with Crippen LogP contribution in [-0.2, 0) is 9.53 Å². The lowest BCUT2D eigenvalue weighted by Gasteiger charge is -2.28. The highest BCUT2D eigenvalue weighted by Gasteiger charge is 2.31. The van der Waals surface area contributed by atoms with Crippen molar-refractivity contribution in [3.8, 4) is 5.75 Å². The van der Waals surface area contributed by atoms with Crippen molar-refractivity contribution in [3.63, 3.8) is 0 Å². The zero-order chi connectivity index (χ0) is 15.9. The van der Waals surface area contributed by atoms with Crippen LogP contribution >= 0.6 is 0 Å². The van der Waals surface area contributed by atoms with E-state index in [4.69, 9.17) is 9.47 Å². The number of amides is 2. The molecule has 0 spiro atoms. The fourth-order valence-electron chi connectivity index (χ4n) is 2.41. The molecule has 2 rings (SSSR count). The van der Waals surface area contributed by atoms with Gasteiger partial charge in [0.2, 0.25) is 0 Å². The molecule has 1 unspecified atom stereocenters. The Morgan fingerprint density at radius 2 is 1.91 bits per heavy atom. The van der Waals surface area contributed by atoms with E-state index >= 15 is 0 Å². The van der Waals surface area contributed by atoms with Gasteiger partial charge in [0, 0.05) is 18.9 Å². The van der Waals surface area contributed by atoms with E-state index in [1.54, 1.807) is 31.4 Å². The lowest BCUT2D eigenvalue weighted by atomic mass is 9.92. The van der Waals surface area contributed by atoms with Gasteiger partial charge in [-0.05, 0) is 43.0 Å². The lowest BCUT2D eigenvalue weighted by Crippen LogP contribution is -2.48. The van der Waals surface area contributed by atoms with E-state index in [0.29, 0.717) is 37.5 Å². The Labute approximate surface area is 128 Å². The van der Waals surface area contributed by atoms with Gasteiger partial charge in [-0.25, -0.2) is 9.59 Å². The maximum absolute atomic E-state index is 12.0. The lowest BCUT2D eigenvalue weighted by molar-refractivity contribution is -0.141. The summed E-state index contributed by atoms with van der Waals surface area (Å²) in [5.74, 6) is -0.471. The summed E-state index contributed by atoms with van der Waals surface area (Å²) >= 11 is 0. The van der Waals surface area contributed by atoms with Gasteiger partial charge in [0.05, 0.1) is 7.11 Å². The molecule has 0 aliphatic carbocycles. The maximum Gasteiger partial charge on any atom is 0.326 e. The molecule has 0 radical (unpaired) electrons. The molecule has 120 valence electrons. The van der Waals surface area contributed by atoms with Gasteiger partial charge >= 0.3 is 12.0 Å². The van der Waals surface area contributed by atoms with E-state index < -0.39 is 18.0 Å². The first kappa shape index (κ1) is 16.1. The van der Waals surface area contributed by atoms with Crippen LogP contribution in [0, 0.1) is 5.92 Å². The van der Waals surface area contributed by atoms with Crippen molar-refractivity contribution in [1.29, 1.82) is 0 Å². The summed E-state index contributed by atoms with van der Waals surface area (Å²) in [7, 11) is 1.56. The second-order valence-electron chi connectivity index (χ2n) is 5.09. The average molecular weight is 308 g/mol. The molecular weight excluding hydrogens is 288 g/mol. The Morgan fingerprint density at radius 1 is 1.27 bits per heavy atom. The highest BCUT2D eigenvalue weighted by Crippen LogP contribution is 2.19. The minimum absolute atomic E-state index is 0.118. The SMILES string of the molecule is COc1ccc(NC(=O)NC(C(=O)O)C2CCOCC2)cc1. The van der Waals surface area contributed by atoms with Crippen LogP contribution in [0.4, 0.5) is 10.5 Å². The van der Waals surface area contributed by atoms with Gasteiger partial charge in [-0.1, -0.05) is 0 Å². The average Bonchev–Trinajstić information content (AvgIpc) is 2.54. The third kappa shape index (κ3) is 4.36. The largest absolute Gasteiger partial charge is 0.497 e. The van der Waals surface area contributed by atoms with Crippen LogP contribution < -0.4 is 15.4 Å². The number of nitrogens with one attached hydrogen (secondary N) is 2. The number of hydrogen-bond donors (Lipinski definition) is 3. The van der Waals surface area contributed by atoms with Crippen LogP contribution in [0.3, 0.4) is 0 Å². The number of carbonyl (C=O) groups excluding carboxylic acids is 1. The van der Waals surface area contributed by atoms with Crippen molar-refractivity contribution < 1.29 is 24.2 Å². The van der Waals surface area contributed by atoms with Crippen LogP contribution in [0.2, 0.25) is 0 Å². The number of ether oxygens (including phenoxy) is 2. The van der Waals surface area contributed by atoms with Gasteiger partial charge in [0.15, 0.2) is 0 Å². The Morgan fingerprint density at radius 3 is 2.45 bits per heavy atom. The molecule has 7 nitrogen and oxygen atoms in total. The number of hydrogen-bond acceptors (Lipinski definition) is 4. The molecule has 3 N–H and O–H groups in total. The highest BCUT2D eigenvalue weighted by molar-refractivity contribution is 5.92. The smallest absolute Gasteiger partial charge is 0.326 e. The van der Waals surface area contributed by atoms with Crippen molar-refractivity contribution in [2.45, 2.75) is 18.9 Å². The van der Waals surface area contributed by atoms with Gasteiger partial charge in [-0.3, -0.25) is 0 Å². The first-order valence-electron chi connectivity index (χ1n) is 7.12. The quantitative estimate of drug-likeness (QED) is 0.769. The Hall–Kier alpha value is -2.28. The van der Waals surface area contributed by atoms with E-state index in [1.165, 1.54) is 0 Å². The van der Waals surface area contributed by atoms with Crippen LogP contribution in [0.25, 0.3) is 0 Å². The van der Waals surface area contributed by atoms with Gasteiger partial charge in [0.25, 0.3) is 0 Å². The molecule has 1 atom stereocenters. The standard InChI is InChI=1S/C15H20N2O5/c1-21-12-4-2-11(3-5-12)16-15(20)17-13(14(18)19)10-6-8-22-9-7-10/h2-5,10,13H,6-9H2,1H3,(H,18,19)(H2,16,17,20). The Kier molecular flexibility index (Phi) is 5.60. The molecule has 1 aliphatic rings. The third-order valence-corrected chi connectivity index (χ3v) is 3.64. The van der Waals surface area contributed by atoms with Crippen LogP contribution in [0.5, 0.6) is 5.75 Å². The molecule has 22 heavy (non-hydrogen) atoms. The monoisotopic (exact) mass is 308 g/mol. The molecule has 7 heteroatoms. The molecule has 1 aromatic rings. The number of aliphatic carboxylic acids is 1. The van der Waals surface area contributed by atoms with Gasteiger partial charge in [0.1, 0.15) is 11.8 Å². The van der Waals surface area contributed by atoms with E-state index in [9.17, 15) is 14.7 Å². The molecular formula is C15H20N2O5. The number of carboxylic acid groups (broad SMARTS) is 1. The van der Waals surface area contributed by atoms with Crippen LogP contribution in [0.15, 0.2) is 24.3 Å². The predicted octanol–water partition coefficient (Wildman–Crippen LogP) is 1.70. The van der Waals surface area contributed by atoms with E-state index in [0.717, 1.165) is 0 Å². The molecule has 2 amide bonds. The summed E-state index contributed by atoms with van der Waals surface area (Å²) in [5, 5.41) is 14.5. The summed E-state index contributed by atoms with van der Waals surface area (Å²) in [6.45, 7) is 1.05. The van der Waals surface area contributed by atoms with Crippen molar-refractivity contribution in [2.24, 2.45) is 5.92 Å². The zero-order valence-corrected chi connectivity index (χ0v) is 12.4.